The third-order valence-corrected chi connectivity index (χ3v) is 6.75. The van der Waals surface area contributed by atoms with Gasteiger partial charge in [-0.25, -0.2) is 0 Å². The molecule has 1 aromatic heterocycles. The van der Waals surface area contributed by atoms with E-state index in [1.165, 1.54) is 5.39 Å². The number of carbonyl (C=O) groups is 1. The number of nitrogens with zero attached hydrogens (tertiary/aromatic N) is 3. The van der Waals surface area contributed by atoms with Crippen molar-refractivity contribution in [2.24, 2.45) is 5.41 Å². The monoisotopic (exact) mass is 395 g/mol. The predicted octanol–water partition coefficient (Wildman–Crippen LogP) is 2.46. The van der Waals surface area contributed by atoms with Crippen LogP contribution < -0.4 is 0 Å². The number of esters is 1. The number of para-hydroxylation sites is 1. The van der Waals surface area contributed by atoms with Crippen molar-refractivity contribution in [2.45, 2.75) is 31.9 Å². The average molecular weight is 396 g/mol. The Morgan fingerprint density at radius 1 is 1.00 bits per heavy atom. The van der Waals surface area contributed by atoms with Crippen molar-refractivity contribution in [3.8, 4) is 0 Å². The van der Waals surface area contributed by atoms with Gasteiger partial charge in [0.15, 0.2) is 0 Å². The number of carbonyl (C=O) groups excluding carboxylic acids is 1. The fraction of sp³-hybridized carbons (Fsp3) is 0.565. The molecule has 3 aliphatic rings. The Bertz CT molecular complexity index is 873. The molecule has 3 aliphatic heterocycles. The van der Waals surface area contributed by atoms with Gasteiger partial charge in [-0.15, -0.1) is 0 Å². The molecule has 154 valence electrons. The maximum absolute atomic E-state index is 12.7. The molecule has 5 rings (SSSR count). The van der Waals surface area contributed by atoms with Crippen LogP contribution in [0.3, 0.4) is 0 Å². The summed E-state index contributed by atoms with van der Waals surface area (Å²) in [6.45, 7) is 6.98. The number of pyridine rings is 1. The Morgan fingerprint density at radius 3 is 2.62 bits per heavy atom. The Balaban J connectivity index is 1.17. The highest BCUT2D eigenvalue weighted by molar-refractivity contribution is 5.79. The molecule has 0 radical (unpaired) electrons. The summed E-state index contributed by atoms with van der Waals surface area (Å²) in [4.78, 5) is 22.3. The van der Waals surface area contributed by atoms with E-state index in [4.69, 9.17) is 14.5 Å². The first-order valence-corrected chi connectivity index (χ1v) is 10.8. The van der Waals surface area contributed by atoms with E-state index in [1.807, 2.05) is 12.1 Å². The molecule has 2 aromatic rings. The molecule has 1 spiro atoms. The molecule has 3 saturated heterocycles. The molecule has 1 aromatic carbocycles. The van der Waals surface area contributed by atoms with Gasteiger partial charge in [0.25, 0.3) is 0 Å². The zero-order valence-corrected chi connectivity index (χ0v) is 16.9. The van der Waals surface area contributed by atoms with Crippen LogP contribution in [0.1, 0.15) is 25.0 Å². The van der Waals surface area contributed by atoms with Crippen molar-refractivity contribution in [2.75, 3.05) is 45.9 Å². The smallest absolute Gasteiger partial charge is 0.312 e. The summed E-state index contributed by atoms with van der Waals surface area (Å²) in [5, 5.41) is 1.17. The summed E-state index contributed by atoms with van der Waals surface area (Å²) in [6.07, 6.45) is 2.68. The van der Waals surface area contributed by atoms with Gasteiger partial charge in [0.05, 0.1) is 29.8 Å². The van der Waals surface area contributed by atoms with Crippen LogP contribution in [0.4, 0.5) is 0 Å². The van der Waals surface area contributed by atoms with E-state index in [1.54, 1.807) is 0 Å². The summed E-state index contributed by atoms with van der Waals surface area (Å²) in [5.74, 6) is 0.0271. The SMILES string of the molecule is O=C1OC(CN2CCOCC2)CC12CCN(Cc1ccc3ccccc3n1)CC2. The number of hydrogen-bond acceptors (Lipinski definition) is 6. The van der Waals surface area contributed by atoms with Gasteiger partial charge in [0.2, 0.25) is 0 Å². The van der Waals surface area contributed by atoms with Gasteiger partial charge < -0.3 is 9.47 Å². The molecule has 0 saturated carbocycles. The molecule has 0 N–H and O–H groups in total. The van der Waals surface area contributed by atoms with Gasteiger partial charge in [-0.1, -0.05) is 24.3 Å². The highest BCUT2D eigenvalue weighted by Gasteiger charge is 2.50. The van der Waals surface area contributed by atoms with Gasteiger partial charge in [-0.05, 0) is 38.1 Å². The van der Waals surface area contributed by atoms with Gasteiger partial charge in [-0.2, -0.15) is 0 Å². The van der Waals surface area contributed by atoms with Gasteiger partial charge >= 0.3 is 5.97 Å². The zero-order chi connectivity index (χ0) is 19.7. The van der Waals surface area contributed by atoms with Crippen LogP contribution in [0.5, 0.6) is 0 Å². The molecule has 4 heterocycles. The minimum Gasteiger partial charge on any atom is -0.461 e. The quantitative estimate of drug-likeness (QED) is 0.742. The second-order valence-electron chi connectivity index (χ2n) is 8.70. The number of likely N-dealkylation sites (tertiary alicyclic amines) is 1. The molecule has 3 fully saturated rings. The topological polar surface area (TPSA) is 54.9 Å². The van der Waals surface area contributed by atoms with E-state index < -0.39 is 0 Å². The Hall–Kier alpha value is -2.02. The first-order valence-electron chi connectivity index (χ1n) is 10.8. The summed E-state index contributed by atoms with van der Waals surface area (Å²) < 4.78 is 11.2. The lowest BCUT2D eigenvalue weighted by atomic mass is 9.76. The number of cyclic esters (lactones) is 1. The van der Waals surface area contributed by atoms with Crippen molar-refractivity contribution in [1.82, 2.24) is 14.8 Å². The lowest BCUT2D eigenvalue weighted by Crippen LogP contribution is -2.43. The van der Waals surface area contributed by atoms with E-state index in [2.05, 4.69) is 34.1 Å². The van der Waals surface area contributed by atoms with Gasteiger partial charge in [-0.3, -0.25) is 19.6 Å². The van der Waals surface area contributed by atoms with Gasteiger partial charge in [0.1, 0.15) is 6.10 Å². The number of piperidine rings is 1. The lowest BCUT2D eigenvalue weighted by molar-refractivity contribution is -0.151. The molecule has 1 atom stereocenters. The van der Waals surface area contributed by atoms with E-state index in [-0.39, 0.29) is 17.5 Å². The Labute approximate surface area is 171 Å². The Kier molecular flexibility index (Phi) is 5.24. The third-order valence-electron chi connectivity index (χ3n) is 6.75. The number of hydrogen-bond donors (Lipinski definition) is 0. The molecule has 0 amide bonds. The summed E-state index contributed by atoms with van der Waals surface area (Å²) in [7, 11) is 0. The van der Waals surface area contributed by atoms with Crippen molar-refractivity contribution in [3.63, 3.8) is 0 Å². The number of ether oxygens (including phenoxy) is 2. The van der Waals surface area contributed by atoms with Crippen molar-refractivity contribution in [1.29, 1.82) is 0 Å². The number of morpholine rings is 1. The zero-order valence-electron chi connectivity index (χ0n) is 16.9. The predicted molar refractivity (Wildman–Crippen MR) is 110 cm³/mol. The minimum absolute atomic E-state index is 0.0271. The molecule has 1 unspecified atom stereocenters. The van der Waals surface area contributed by atoms with Crippen molar-refractivity contribution in [3.05, 3.63) is 42.1 Å². The number of benzene rings is 1. The number of rotatable bonds is 4. The maximum atomic E-state index is 12.7. The lowest BCUT2D eigenvalue weighted by Gasteiger charge is -2.36. The van der Waals surface area contributed by atoms with Crippen LogP contribution in [0, 0.1) is 5.41 Å². The van der Waals surface area contributed by atoms with Crippen LogP contribution in [-0.2, 0) is 20.8 Å². The first kappa shape index (κ1) is 19.0. The molecule has 29 heavy (non-hydrogen) atoms. The van der Waals surface area contributed by atoms with Gasteiger partial charge in [0, 0.05) is 38.0 Å². The minimum atomic E-state index is -0.274. The second kappa shape index (κ2) is 8.01. The largest absolute Gasteiger partial charge is 0.461 e. The first-order chi connectivity index (χ1) is 14.2. The molecule has 6 nitrogen and oxygen atoms in total. The highest BCUT2D eigenvalue weighted by atomic mass is 16.6. The van der Waals surface area contributed by atoms with E-state index >= 15 is 0 Å². The average Bonchev–Trinajstić information content (AvgIpc) is 3.05. The van der Waals surface area contributed by atoms with Crippen molar-refractivity contribution < 1.29 is 14.3 Å². The summed E-state index contributed by atoms with van der Waals surface area (Å²) in [5.41, 5.74) is 1.87. The fourth-order valence-corrected chi connectivity index (χ4v) is 4.98. The fourth-order valence-electron chi connectivity index (χ4n) is 4.98. The Morgan fingerprint density at radius 2 is 1.79 bits per heavy atom. The van der Waals surface area contributed by atoms with Crippen molar-refractivity contribution >= 4 is 16.9 Å². The molecule has 6 heteroatoms. The number of fused-ring (bicyclic) bond motifs is 1. The maximum Gasteiger partial charge on any atom is 0.312 e. The third kappa shape index (κ3) is 4.02. The number of aromatic nitrogens is 1. The standard InChI is InChI=1S/C23H29N3O3/c27-22-23(15-20(29-22)17-26-11-13-28-14-12-26)7-9-25(10-8-23)16-19-6-5-18-3-1-2-4-21(18)24-19/h1-6,20H,7-17H2. The molecular weight excluding hydrogens is 366 g/mol. The van der Waals surface area contributed by atoms with Crippen LogP contribution in [0.2, 0.25) is 0 Å². The van der Waals surface area contributed by atoms with Crippen LogP contribution in [-0.4, -0.2) is 72.8 Å². The highest BCUT2D eigenvalue weighted by Crippen LogP contribution is 2.43. The van der Waals surface area contributed by atoms with E-state index in [9.17, 15) is 4.79 Å². The van der Waals surface area contributed by atoms with Crippen LogP contribution in [0.25, 0.3) is 10.9 Å². The molecule has 0 aliphatic carbocycles. The van der Waals surface area contributed by atoms with E-state index in [0.29, 0.717) is 0 Å². The summed E-state index contributed by atoms with van der Waals surface area (Å²) in [6, 6.07) is 12.5. The normalized spacial score (nSPS) is 25.5. The molecular formula is C23H29N3O3. The second-order valence-corrected chi connectivity index (χ2v) is 8.70. The summed E-state index contributed by atoms with van der Waals surface area (Å²) >= 11 is 0. The van der Waals surface area contributed by atoms with Crippen LogP contribution in [0.15, 0.2) is 36.4 Å². The molecule has 0 bridgehead atoms. The van der Waals surface area contributed by atoms with E-state index in [0.717, 1.165) is 83.0 Å². The van der Waals surface area contributed by atoms with Crippen LogP contribution >= 0.6 is 0 Å².